The van der Waals surface area contributed by atoms with Crippen LogP contribution in [-0.2, 0) is 9.59 Å². The number of pyridine rings is 1. The highest BCUT2D eigenvalue weighted by atomic mass is 16.4. The highest BCUT2D eigenvalue weighted by Crippen LogP contribution is 2.13. The molecule has 0 radical (unpaired) electrons. The molecule has 2 atom stereocenters. The number of carboxylic acid groups (broad SMARTS) is 4. The minimum atomic E-state index is -1.51. The third kappa shape index (κ3) is 5.04. The van der Waals surface area contributed by atoms with Gasteiger partial charge in [0.15, 0.2) is 0 Å². The summed E-state index contributed by atoms with van der Waals surface area (Å²) < 4.78 is 0. The third-order valence-electron chi connectivity index (χ3n) is 3.31. The van der Waals surface area contributed by atoms with Crippen LogP contribution in [-0.4, -0.2) is 61.9 Å². The van der Waals surface area contributed by atoms with E-state index in [1.165, 1.54) is 0 Å². The molecule has 2 unspecified atom stereocenters. The van der Waals surface area contributed by atoms with Gasteiger partial charge in [-0.05, 0) is 12.5 Å². The number of hydrogen-bond donors (Lipinski definition) is 7. The molecule has 1 aliphatic heterocycles. The van der Waals surface area contributed by atoms with E-state index in [9.17, 15) is 24.0 Å². The molecular weight excluding hydrogens is 342 g/mol. The molecule has 0 aliphatic carbocycles. The summed E-state index contributed by atoms with van der Waals surface area (Å²) >= 11 is 0. The minimum absolute atomic E-state index is 0.185. The summed E-state index contributed by atoms with van der Waals surface area (Å²) in [5.74, 6) is -5.73. The Morgan fingerprint density at radius 1 is 1.00 bits per heavy atom. The first-order chi connectivity index (χ1) is 11.5. The number of aromatic amines is 1. The Balaban J connectivity index is 0.000000257. The fourth-order valence-corrected chi connectivity index (χ4v) is 1.99. The van der Waals surface area contributed by atoms with Crippen LogP contribution in [0.5, 0.6) is 0 Å². The van der Waals surface area contributed by atoms with Crippen LogP contribution in [0.4, 0.5) is 5.82 Å². The molecule has 1 fully saturated rings. The number of nitrogens with two attached hydrogens (primary N) is 1. The van der Waals surface area contributed by atoms with Gasteiger partial charge in [0.1, 0.15) is 23.0 Å². The zero-order valence-corrected chi connectivity index (χ0v) is 12.6. The van der Waals surface area contributed by atoms with Gasteiger partial charge in [-0.2, -0.15) is 0 Å². The number of nitrogen functional groups attached to an aromatic ring is 1. The molecule has 0 saturated carbocycles. The van der Waals surface area contributed by atoms with Crippen molar-refractivity contribution in [2.24, 2.45) is 5.92 Å². The third-order valence-corrected chi connectivity index (χ3v) is 3.31. The van der Waals surface area contributed by atoms with Gasteiger partial charge in [-0.3, -0.25) is 14.4 Å². The first-order valence-corrected chi connectivity index (χ1v) is 6.73. The molecule has 12 heteroatoms. The van der Waals surface area contributed by atoms with Crippen LogP contribution >= 0.6 is 0 Å². The van der Waals surface area contributed by atoms with Crippen molar-refractivity contribution in [3.8, 4) is 0 Å². The van der Waals surface area contributed by atoms with Crippen molar-refractivity contribution in [2.45, 2.75) is 12.5 Å². The highest BCUT2D eigenvalue weighted by molar-refractivity contribution is 5.96. The Morgan fingerprint density at radius 2 is 1.56 bits per heavy atom. The number of anilines is 1. The summed E-state index contributed by atoms with van der Waals surface area (Å²) in [7, 11) is 0. The van der Waals surface area contributed by atoms with Gasteiger partial charge in [-0.15, -0.1) is 0 Å². The van der Waals surface area contributed by atoms with E-state index in [1.807, 2.05) is 4.98 Å². The second kappa shape index (κ2) is 7.92. The molecule has 1 aromatic heterocycles. The summed E-state index contributed by atoms with van der Waals surface area (Å²) in [6.07, 6.45) is 0.185. The van der Waals surface area contributed by atoms with E-state index in [0.717, 1.165) is 6.07 Å². The van der Waals surface area contributed by atoms with E-state index in [1.54, 1.807) is 0 Å². The largest absolute Gasteiger partial charge is 0.481 e. The molecule has 2 heterocycles. The number of aromatic carboxylic acids is 2. The average molecular weight is 357 g/mol. The Morgan fingerprint density at radius 3 is 1.92 bits per heavy atom. The molecule has 25 heavy (non-hydrogen) atoms. The van der Waals surface area contributed by atoms with Gasteiger partial charge in [-0.1, -0.05) is 0 Å². The normalized spacial score (nSPS) is 18.7. The van der Waals surface area contributed by atoms with Gasteiger partial charge in [0, 0.05) is 6.54 Å². The monoisotopic (exact) mass is 357 g/mol. The highest BCUT2D eigenvalue weighted by Gasteiger charge is 2.33. The first-order valence-electron chi connectivity index (χ1n) is 6.73. The molecule has 136 valence electrons. The van der Waals surface area contributed by atoms with Crippen molar-refractivity contribution in [3.05, 3.63) is 27.5 Å². The average Bonchev–Trinajstić information content (AvgIpc) is 2.97. The molecule has 2 rings (SSSR count). The fourth-order valence-electron chi connectivity index (χ4n) is 1.99. The van der Waals surface area contributed by atoms with Crippen molar-refractivity contribution in [2.75, 3.05) is 12.3 Å². The molecule has 0 aromatic carbocycles. The number of rotatable bonds is 4. The molecule has 1 saturated heterocycles. The van der Waals surface area contributed by atoms with Crippen molar-refractivity contribution in [1.29, 1.82) is 0 Å². The lowest BCUT2D eigenvalue weighted by Gasteiger charge is -2.00. The maximum atomic E-state index is 10.9. The quantitative estimate of drug-likeness (QED) is 0.328. The van der Waals surface area contributed by atoms with Crippen molar-refractivity contribution in [3.63, 3.8) is 0 Å². The Kier molecular flexibility index (Phi) is 6.22. The summed E-state index contributed by atoms with van der Waals surface area (Å²) in [6, 6.07) is 0.0369. The van der Waals surface area contributed by atoms with Crippen molar-refractivity contribution in [1.82, 2.24) is 10.3 Å². The minimum Gasteiger partial charge on any atom is -0.481 e. The lowest BCUT2D eigenvalue weighted by Crippen LogP contribution is -2.29. The SMILES string of the molecule is Nc1[nH]c(=O)c(C(=O)O)cc1C(=O)O.O=C(O)C1CNC(C(=O)O)C1. The zero-order chi connectivity index (χ0) is 19.3. The number of H-pyrrole nitrogens is 1. The van der Waals surface area contributed by atoms with Gasteiger partial charge >= 0.3 is 23.9 Å². The molecular formula is C13H15N3O9. The second-order valence-electron chi connectivity index (χ2n) is 5.02. The van der Waals surface area contributed by atoms with Crippen LogP contribution in [0.3, 0.4) is 0 Å². The summed E-state index contributed by atoms with van der Waals surface area (Å²) in [5.41, 5.74) is 3.13. The van der Waals surface area contributed by atoms with Crippen LogP contribution in [0.2, 0.25) is 0 Å². The van der Waals surface area contributed by atoms with Crippen LogP contribution in [0.1, 0.15) is 27.1 Å². The van der Waals surface area contributed by atoms with E-state index < -0.39 is 52.5 Å². The number of nitrogens with one attached hydrogen (secondary N) is 2. The Labute approximate surface area is 138 Å². The lowest BCUT2D eigenvalue weighted by molar-refractivity contribution is -0.141. The van der Waals surface area contributed by atoms with Crippen LogP contribution in [0.25, 0.3) is 0 Å². The van der Waals surface area contributed by atoms with Gasteiger partial charge in [0.25, 0.3) is 5.56 Å². The van der Waals surface area contributed by atoms with E-state index >= 15 is 0 Å². The second-order valence-corrected chi connectivity index (χ2v) is 5.02. The van der Waals surface area contributed by atoms with E-state index in [-0.39, 0.29) is 18.8 Å². The molecule has 8 N–H and O–H groups in total. The number of hydrogen-bond acceptors (Lipinski definition) is 7. The lowest BCUT2D eigenvalue weighted by atomic mass is 10.1. The number of aromatic nitrogens is 1. The molecule has 1 aromatic rings. The Bertz CT molecular complexity index is 750. The predicted molar refractivity (Wildman–Crippen MR) is 80.6 cm³/mol. The van der Waals surface area contributed by atoms with Crippen LogP contribution in [0, 0.1) is 5.92 Å². The van der Waals surface area contributed by atoms with Crippen LogP contribution < -0.4 is 16.6 Å². The van der Waals surface area contributed by atoms with Gasteiger partial charge in [0.2, 0.25) is 0 Å². The Hall–Kier alpha value is -3.41. The smallest absolute Gasteiger partial charge is 0.341 e. The summed E-state index contributed by atoms with van der Waals surface area (Å²) in [4.78, 5) is 54.5. The summed E-state index contributed by atoms with van der Waals surface area (Å²) in [5, 5.41) is 36.6. The maximum absolute atomic E-state index is 10.9. The van der Waals surface area contributed by atoms with Gasteiger partial charge in [-0.25, -0.2) is 9.59 Å². The number of carboxylic acids is 4. The van der Waals surface area contributed by atoms with Gasteiger partial charge in [0.05, 0.1) is 5.92 Å². The van der Waals surface area contributed by atoms with E-state index in [0.29, 0.717) is 0 Å². The summed E-state index contributed by atoms with van der Waals surface area (Å²) in [6.45, 7) is 0.256. The number of aliphatic carboxylic acids is 2. The molecule has 0 amide bonds. The first kappa shape index (κ1) is 19.6. The maximum Gasteiger partial charge on any atom is 0.341 e. The molecule has 1 aliphatic rings. The predicted octanol–water partition coefficient (Wildman–Crippen LogP) is -1.51. The standard InChI is InChI=1S/C7H6N2O5.C6H9NO4/c8-4-2(6(11)12)1-3(7(13)14)5(10)9-4;8-5(9)3-1-4(6(10)11)7-2-3/h1H,(H,11,12)(H,13,14)(H3,8,9,10);3-4,7H,1-2H2,(H,8,9)(H,10,11). The van der Waals surface area contributed by atoms with Crippen LogP contribution in [0.15, 0.2) is 10.9 Å². The molecule has 0 bridgehead atoms. The van der Waals surface area contributed by atoms with Crippen molar-refractivity contribution >= 4 is 29.7 Å². The van der Waals surface area contributed by atoms with Gasteiger partial charge < -0.3 is 36.5 Å². The molecule has 12 nitrogen and oxygen atoms in total. The van der Waals surface area contributed by atoms with E-state index in [2.05, 4.69) is 5.32 Å². The fraction of sp³-hybridized carbons (Fsp3) is 0.308. The topological polar surface area (TPSA) is 220 Å². The van der Waals surface area contributed by atoms with E-state index in [4.69, 9.17) is 26.2 Å². The zero-order valence-electron chi connectivity index (χ0n) is 12.6. The van der Waals surface area contributed by atoms with Crippen molar-refractivity contribution < 1.29 is 39.6 Å². The molecule has 0 spiro atoms. The number of carbonyl (C=O) groups is 4.